The minimum absolute atomic E-state index is 0.164. The van der Waals surface area contributed by atoms with E-state index in [0.717, 1.165) is 72.0 Å². The predicted molar refractivity (Wildman–Crippen MR) is 124 cm³/mol. The number of hydrogen-bond acceptors (Lipinski definition) is 2. The average Bonchev–Trinajstić information content (AvgIpc) is 3.49. The molecule has 0 aromatic rings. The summed E-state index contributed by atoms with van der Waals surface area (Å²) in [5, 5.41) is 0. The fourth-order valence-electron chi connectivity index (χ4n) is 11.4. The van der Waals surface area contributed by atoms with E-state index in [9.17, 15) is 4.79 Å². The maximum absolute atomic E-state index is 13.6. The maximum atomic E-state index is 13.6. The Morgan fingerprint density at radius 1 is 0.839 bits per heavy atom. The molecule has 2 heteroatoms. The van der Waals surface area contributed by atoms with Gasteiger partial charge in [0.2, 0.25) is 0 Å². The summed E-state index contributed by atoms with van der Waals surface area (Å²) < 4.78 is 6.44. The van der Waals surface area contributed by atoms with Gasteiger partial charge in [-0.05, 0) is 109 Å². The summed E-state index contributed by atoms with van der Waals surface area (Å²) in [6, 6.07) is 0. The quantitative estimate of drug-likeness (QED) is 0.364. The first kappa shape index (κ1) is 21.0. The molecule has 31 heavy (non-hydrogen) atoms. The highest BCUT2D eigenvalue weighted by Crippen LogP contribution is 2.73. The first-order valence-corrected chi connectivity index (χ1v) is 13.8. The van der Waals surface area contributed by atoms with Gasteiger partial charge in [0.15, 0.2) is 0 Å². The first-order chi connectivity index (χ1) is 14.6. The van der Waals surface area contributed by atoms with Crippen LogP contribution in [0.15, 0.2) is 0 Å². The minimum Gasteiger partial charge on any atom is -0.462 e. The highest BCUT2D eigenvalue weighted by Gasteiger charge is 2.69. The van der Waals surface area contributed by atoms with Crippen molar-refractivity contribution >= 4 is 5.97 Å². The molecular formula is C29H46O2. The van der Waals surface area contributed by atoms with E-state index in [2.05, 4.69) is 48.5 Å². The van der Waals surface area contributed by atoms with Crippen LogP contribution in [0.25, 0.3) is 0 Å². The fraction of sp³-hybridized carbons (Fsp3) is 0.966. The Hall–Kier alpha value is -0.530. The van der Waals surface area contributed by atoms with E-state index >= 15 is 0 Å². The average molecular weight is 427 g/mol. The van der Waals surface area contributed by atoms with Crippen LogP contribution in [0.1, 0.15) is 87.0 Å². The Morgan fingerprint density at radius 3 is 2.03 bits per heavy atom. The lowest BCUT2D eigenvalue weighted by Crippen LogP contribution is -2.46. The van der Waals surface area contributed by atoms with E-state index in [1.54, 1.807) is 0 Å². The summed E-state index contributed by atoms with van der Waals surface area (Å²) in [5.74, 6) is 9.57. The normalized spacial score (nSPS) is 55.6. The second-order valence-electron chi connectivity index (χ2n) is 14.4. The summed E-state index contributed by atoms with van der Waals surface area (Å²) in [6.07, 6.45) is 7.77. The van der Waals surface area contributed by atoms with Crippen LogP contribution in [0.5, 0.6) is 0 Å². The number of rotatable bonds is 4. The van der Waals surface area contributed by atoms with Gasteiger partial charge < -0.3 is 4.74 Å². The van der Waals surface area contributed by atoms with Crippen molar-refractivity contribution in [2.75, 3.05) is 0 Å². The van der Waals surface area contributed by atoms with E-state index in [-0.39, 0.29) is 23.4 Å². The number of carbonyl (C=O) groups excluding carboxylic acids is 1. The van der Waals surface area contributed by atoms with Gasteiger partial charge in [0.1, 0.15) is 6.10 Å². The molecule has 0 amide bonds. The smallest absolute Gasteiger partial charge is 0.309 e. The number of hydrogen-bond donors (Lipinski definition) is 0. The van der Waals surface area contributed by atoms with Gasteiger partial charge in [-0.2, -0.15) is 0 Å². The van der Waals surface area contributed by atoms with Crippen LogP contribution >= 0.6 is 0 Å². The van der Waals surface area contributed by atoms with Gasteiger partial charge in [-0.3, -0.25) is 4.79 Å². The third-order valence-electron chi connectivity index (χ3n) is 12.9. The van der Waals surface area contributed by atoms with Crippen molar-refractivity contribution in [1.29, 1.82) is 0 Å². The molecule has 6 fully saturated rings. The van der Waals surface area contributed by atoms with Crippen molar-refractivity contribution in [2.45, 2.75) is 93.1 Å². The second-order valence-corrected chi connectivity index (χ2v) is 14.4. The van der Waals surface area contributed by atoms with Crippen LogP contribution in [-0.4, -0.2) is 12.1 Å². The molecule has 6 aliphatic rings. The highest BCUT2D eigenvalue weighted by atomic mass is 16.5. The van der Waals surface area contributed by atoms with Gasteiger partial charge in [0.25, 0.3) is 0 Å². The molecule has 2 nitrogen and oxygen atoms in total. The SMILES string of the molecule is CC(C)C1C2CC(C1C(C)C)C1C3CC(CC3C(=O)OC3CC4CCC3(C)C4(C)C)C21. The van der Waals surface area contributed by atoms with Crippen LogP contribution in [0.4, 0.5) is 0 Å². The molecular weight excluding hydrogens is 380 g/mol. The molecule has 0 aromatic heterocycles. The van der Waals surface area contributed by atoms with Gasteiger partial charge in [0, 0.05) is 5.41 Å². The van der Waals surface area contributed by atoms with Crippen LogP contribution < -0.4 is 0 Å². The fourth-order valence-corrected chi connectivity index (χ4v) is 11.4. The molecule has 0 heterocycles. The van der Waals surface area contributed by atoms with Crippen molar-refractivity contribution in [2.24, 2.45) is 81.8 Å². The summed E-state index contributed by atoms with van der Waals surface area (Å²) in [7, 11) is 0. The predicted octanol–water partition coefficient (Wildman–Crippen LogP) is 6.83. The van der Waals surface area contributed by atoms with Crippen molar-refractivity contribution in [3.63, 3.8) is 0 Å². The third kappa shape index (κ3) is 2.49. The molecule has 0 aliphatic heterocycles. The number of fused-ring (bicyclic) bond motifs is 11. The van der Waals surface area contributed by atoms with Crippen LogP contribution in [0, 0.1) is 81.8 Å². The third-order valence-corrected chi connectivity index (χ3v) is 12.9. The van der Waals surface area contributed by atoms with Gasteiger partial charge >= 0.3 is 5.97 Å². The molecule has 6 rings (SSSR count). The van der Waals surface area contributed by atoms with E-state index in [4.69, 9.17) is 4.74 Å². The van der Waals surface area contributed by atoms with Gasteiger partial charge in [0.05, 0.1) is 5.92 Å². The van der Waals surface area contributed by atoms with Crippen LogP contribution in [0.3, 0.4) is 0 Å². The zero-order valence-electron chi connectivity index (χ0n) is 21.1. The zero-order valence-corrected chi connectivity index (χ0v) is 21.1. The highest BCUT2D eigenvalue weighted by molar-refractivity contribution is 5.74. The molecule has 6 bridgehead atoms. The standard InChI is InChI=1S/C29H46O2/c1-14(2)23-20-13-21(24(23)15(3)4)26-18-10-16(25(20)26)11-19(18)27(30)31-22-12-17-8-9-29(22,7)28(17,5)6/h14-26H,8-13H2,1-7H3. The van der Waals surface area contributed by atoms with E-state index in [1.165, 1.54) is 25.7 Å². The summed E-state index contributed by atoms with van der Waals surface area (Å²) in [4.78, 5) is 13.6. The maximum Gasteiger partial charge on any atom is 0.309 e. The number of esters is 1. The van der Waals surface area contributed by atoms with Gasteiger partial charge in [-0.25, -0.2) is 0 Å². The molecule has 12 atom stereocenters. The number of ether oxygens (including phenoxy) is 1. The first-order valence-electron chi connectivity index (χ1n) is 13.8. The Kier molecular flexibility index (Phi) is 4.43. The lowest BCUT2D eigenvalue weighted by atomic mass is 9.57. The van der Waals surface area contributed by atoms with Crippen LogP contribution in [0.2, 0.25) is 0 Å². The summed E-state index contributed by atoms with van der Waals surface area (Å²) in [5.41, 5.74) is 0.506. The Morgan fingerprint density at radius 2 is 1.48 bits per heavy atom. The topological polar surface area (TPSA) is 26.3 Å². The minimum atomic E-state index is 0.164. The van der Waals surface area contributed by atoms with E-state index in [1.807, 2.05) is 0 Å². The molecule has 6 saturated carbocycles. The van der Waals surface area contributed by atoms with E-state index in [0.29, 0.717) is 11.3 Å². The molecule has 0 radical (unpaired) electrons. The zero-order chi connectivity index (χ0) is 22.0. The molecule has 6 aliphatic carbocycles. The Balaban J connectivity index is 1.20. The van der Waals surface area contributed by atoms with Crippen molar-refractivity contribution < 1.29 is 9.53 Å². The molecule has 12 unspecified atom stereocenters. The van der Waals surface area contributed by atoms with Crippen LogP contribution in [-0.2, 0) is 9.53 Å². The van der Waals surface area contributed by atoms with E-state index < -0.39 is 0 Å². The monoisotopic (exact) mass is 426 g/mol. The molecule has 0 N–H and O–H groups in total. The molecule has 174 valence electrons. The molecule has 0 saturated heterocycles. The number of carbonyl (C=O) groups is 1. The van der Waals surface area contributed by atoms with Gasteiger partial charge in [-0.15, -0.1) is 0 Å². The van der Waals surface area contributed by atoms with Crippen molar-refractivity contribution in [3.05, 3.63) is 0 Å². The Bertz CT molecular complexity index is 767. The summed E-state index contributed by atoms with van der Waals surface area (Å²) in [6.45, 7) is 17.1. The van der Waals surface area contributed by atoms with Gasteiger partial charge in [-0.1, -0.05) is 48.5 Å². The molecule has 0 spiro atoms. The lowest BCUT2D eigenvalue weighted by Gasteiger charge is -2.48. The second kappa shape index (κ2) is 6.53. The largest absolute Gasteiger partial charge is 0.462 e. The van der Waals surface area contributed by atoms with Crippen molar-refractivity contribution in [1.82, 2.24) is 0 Å². The Labute approximate surface area is 190 Å². The summed E-state index contributed by atoms with van der Waals surface area (Å²) >= 11 is 0. The molecule has 0 aromatic carbocycles. The lowest BCUT2D eigenvalue weighted by molar-refractivity contribution is -0.166. The van der Waals surface area contributed by atoms with Crippen molar-refractivity contribution in [3.8, 4) is 0 Å².